The number of hydrogen-bond donors (Lipinski definition) is 1. The summed E-state index contributed by atoms with van der Waals surface area (Å²) in [6.07, 6.45) is 2.79. The molecule has 0 bridgehead atoms. The van der Waals surface area contributed by atoms with Gasteiger partial charge in [0.15, 0.2) is 0 Å². The molecule has 17 heavy (non-hydrogen) atoms. The van der Waals surface area contributed by atoms with E-state index in [0.717, 1.165) is 19.3 Å². The van der Waals surface area contributed by atoms with E-state index >= 15 is 0 Å². The smallest absolute Gasteiger partial charge is 0.323 e. The Bertz CT molecular complexity index is 349. The topological polar surface area (TPSA) is 75.7 Å². The van der Waals surface area contributed by atoms with Crippen LogP contribution >= 0.6 is 0 Å². The molecule has 1 rings (SSSR count). The summed E-state index contributed by atoms with van der Waals surface area (Å²) in [5.74, 6) is -0.548. The van der Waals surface area contributed by atoms with Crippen molar-refractivity contribution in [2.45, 2.75) is 39.2 Å². The van der Waals surface area contributed by atoms with E-state index in [4.69, 9.17) is 4.74 Å². The minimum atomic E-state index is -3.56. The van der Waals surface area contributed by atoms with Gasteiger partial charge in [0.1, 0.15) is 6.04 Å². The van der Waals surface area contributed by atoms with Gasteiger partial charge in [0, 0.05) is 13.1 Å². The van der Waals surface area contributed by atoms with Crippen molar-refractivity contribution in [2.75, 3.05) is 19.7 Å². The van der Waals surface area contributed by atoms with Gasteiger partial charge < -0.3 is 4.74 Å². The predicted molar refractivity (Wildman–Crippen MR) is 63.6 cm³/mol. The fourth-order valence-corrected chi connectivity index (χ4v) is 3.15. The van der Waals surface area contributed by atoms with Gasteiger partial charge in [-0.15, -0.1) is 0 Å². The molecular weight excluding hydrogens is 244 g/mol. The van der Waals surface area contributed by atoms with Crippen molar-refractivity contribution in [1.29, 1.82) is 0 Å². The quantitative estimate of drug-likeness (QED) is 0.723. The Kier molecular flexibility index (Phi) is 5.35. The normalized spacial score (nSPS) is 19.9. The summed E-state index contributed by atoms with van der Waals surface area (Å²) < 4.78 is 32.3. The SMILES string of the molecule is CCOC(=O)C(C)NS(=O)(=O)N1CCCCC1. The maximum Gasteiger partial charge on any atom is 0.323 e. The fourth-order valence-electron chi connectivity index (χ4n) is 1.72. The average Bonchev–Trinajstić information content (AvgIpc) is 2.30. The number of piperidine rings is 1. The first kappa shape index (κ1) is 14.4. The Morgan fingerprint density at radius 1 is 1.35 bits per heavy atom. The van der Waals surface area contributed by atoms with Gasteiger partial charge >= 0.3 is 5.97 Å². The number of nitrogens with one attached hydrogen (secondary N) is 1. The van der Waals surface area contributed by atoms with Crippen LogP contribution in [0.3, 0.4) is 0 Å². The van der Waals surface area contributed by atoms with Crippen LogP contribution in [0.4, 0.5) is 0 Å². The van der Waals surface area contributed by atoms with Crippen LogP contribution in [0.15, 0.2) is 0 Å². The van der Waals surface area contributed by atoms with Gasteiger partial charge in [-0.3, -0.25) is 4.79 Å². The third-order valence-corrected chi connectivity index (χ3v) is 4.32. The van der Waals surface area contributed by atoms with E-state index in [9.17, 15) is 13.2 Å². The molecule has 0 saturated carbocycles. The highest BCUT2D eigenvalue weighted by Gasteiger charge is 2.28. The number of carbonyl (C=O) groups is 1. The minimum Gasteiger partial charge on any atom is -0.465 e. The highest BCUT2D eigenvalue weighted by Crippen LogP contribution is 2.12. The predicted octanol–water partition coefficient (Wildman–Crippen LogP) is 0.258. The van der Waals surface area contributed by atoms with E-state index < -0.39 is 22.2 Å². The molecule has 0 aromatic heterocycles. The lowest BCUT2D eigenvalue weighted by atomic mass is 10.2. The van der Waals surface area contributed by atoms with E-state index in [1.807, 2.05) is 0 Å². The third kappa shape index (κ3) is 4.25. The molecule has 0 aromatic rings. The Labute approximate surface area is 102 Å². The van der Waals surface area contributed by atoms with Gasteiger partial charge in [0.25, 0.3) is 10.2 Å². The maximum atomic E-state index is 11.9. The number of nitrogens with zero attached hydrogens (tertiary/aromatic N) is 1. The summed E-state index contributed by atoms with van der Waals surface area (Å²) in [4.78, 5) is 11.3. The van der Waals surface area contributed by atoms with Crippen molar-refractivity contribution in [2.24, 2.45) is 0 Å². The van der Waals surface area contributed by atoms with E-state index in [1.54, 1.807) is 6.92 Å². The molecule has 1 aliphatic heterocycles. The first-order valence-electron chi connectivity index (χ1n) is 5.91. The number of rotatable bonds is 5. The molecule has 6 nitrogen and oxygen atoms in total. The second kappa shape index (κ2) is 6.32. The summed E-state index contributed by atoms with van der Waals surface area (Å²) >= 11 is 0. The first-order chi connectivity index (χ1) is 7.97. The highest BCUT2D eigenvalue weighted by atomic mass is 32.2. The van der Waals surface area contributed by atoms with Crippen molar-refractivity contribution >= 4 is 16.2 Å². The summed E-state index contributed by atoms with van der Waals surface area (Å²) in [7, 11) is -3.56. The van der Waals surface area contributed by atoms with Gasteiger partial charge in [0.05, 0.1) is 6.61 Å². The van der Waals surface area contributed by atoms with Crippen molar-refractivity contribution < 1.29 is 17.9 Å². The Morgan fingerprint density at radius 2 is 1.94 bits per heavy atom. The Morgan fingerprint density at radius 3 is 2.47 bits per heavy atom. The zero-order valence-electron chi connectivity index (χ0n) is 10.3. The lowest BCUT2D eigenvalue weighted by Crippen LogP contribution is -2.49. The molecule has 7 heteroatoms. The van der Waals surface area contributed by atoms with E-state index in [2.05, 4.69) is 4.72 Å². The zero-order valence-corrected chi connectivity index (χ0v) is 11.1. The molecule has 0 aliphatic carbocycles. The van der Waals surface area contributed by atoms with Crippen LogP contribution in [0, 0.1) is 0 Å². The van der Waals surface area contributed by atoms with Gasteiger partial charge in [0.2, 0.25) is 0 Å². The number of carbonyl (C=O) groups excluding carboxylic acids is 1. The molecule has 1 N–H and O–H groups in total. The second-order valence-electron chi connectivity index (χ2n) is 4.06. The van der Waals surface area contributed by atoms with Crippen LogP contribution in [-0.2, 0) is 19.7 Å². The molecule has 100 valence electrons. The van der Waals surface area contributed by atoms with Gasteiger partial charge in [-0.2, -0.15) is 17.4 Å². The fraction of sp³-hybridized carbons (Fsp3) is 0.900. The van der Waals surface area contributed by atoms with E-state index in [1.165, 1.54) is 11.2 Å². The number of ether oxygens (including phenoxy) is 1. The standard InChI is InChI=1S/C10H20N2O4S/c1-3-16-10(13)9(2)11-17(14,15)12-7-5-4-6-8-12/h9,11H,3-8H2,1-2H3. The second-order valence-corrected chi connectivity index (χ2v) is 5.76. The molecule has 0 aromatic carbocycles. The van der Waals surface area contributed by atoms with Gasteiger partial charge in [-0.25, -0.2) is 0 Å². The molecule has 0 spiro atoms. The van der Waals surface area contributed by atoms with Crippen molar-refractivity contribution in [3.8, 4) is 0 Å². The molecule has 1 heterocycles. The van der Waals surface area contributed by atoms with Crippen LogP contribution in [0.5, 0.6) is 0 Å². The highest BCUT2D eigenvalue weighted by molar-refractivity contribution is 7.87. The molecule has 1 aliphatic rings. The van der Waals surface area contributed by atoms with Gasteiger partial charge in [-0.05, 0) is 26.7 Å². The molecule has 1 atom stereocenters. The van der Waals surface area contributed by atoms with Crippen molar-refractivity contribution in [3.05, 3.63) is 0 Å². The third-order valence-electron chi connectivity index (χ3n) is 2.62. The summed E-state index contributed by atoms with van der Waals surface area (Å²) in [6.45, 7) is 4.45. The Balaban J connectivity index is 2.56. The summed E-state index contributed by atoms with van der Waals surface area (Å²) in [6, 6.07) is -0.845. The summed E-state index contributed by atoms with van der Waals surface area (Å²) in [5, 5.41) is 0. The van der Waals surface area contributed by atoms with E-state index in [-0.39, 0.29) is 6.61 Å². The molecule has 1 unspecified atom stereocenters. The van der Waals surface area contributed by atoms with Crippen LogP contribution in [0.25, 0.3) is 0 Å². The first-order valence-corrected chi connectivity index (χ1v) is 7.35. The number of hydrogen-bond acceptors (Lipinski definition) is 4. The largest absolute Gasteiger partial charge is 0.465 e. The van der Waals surface area contributed by atoms with Crippen LogP contribution in [0.2, 0.25) is 0 Å². The van der Waals surface area contributed by atoms with Crippen molar-refractivity contribution in [1.82, 2.24) is 9.03 Å². The van der Waals surface area contributed by atoms with E-state index in [0.29, 0.717) is 13.1 Å². The van der Waals surface area contributed by atoms with Gasteiger partial charge in [-0.1, -0.05) is 6.42 Å². The maximum absolute atomic E-state index is 11.9. The average molecular weight is 264 g/mol. The lowest BCUT2D eigenvalue weighted by Gasteiger charge is -2.27. The summed E-state index contributed by atoms with van der Waals surface area (Å²) in [5.41, 5.74) is 0. The number of esters is 1. The molecule has 0 radical (unpaired) electrons. The molecule has 1 fully saturated rings. The molecular formula is C10H20N2O4S. The lowest BCUT2D eigenvalue weighted by molar-refractivity contribution is -0.144. The zero-order chi connectivity index (χ0) is 12.9. The Hall–Kier alpha value is -0.660. The van der Waals surface area contributed by atoms with Crippen molar-refractivity contribution in [3.63, 3.8) is 0 Å². The van der Waals surface area contributed by atoms with Crippen LogP contribution in [-0.4, -0.2) is 44.4 Å². The molecule has 0 amide bonds. The molecule has 1 saturated heterocycles. The van der Waals surface area contributed by atoms with Crippen LogP contribution in [0.1, 0.15) is 33.1 Å². The van der Waals surface area contributed by atoms with Crippen LogP contribution < -0.4 is 4.72 Å². The monoisotopic (exact) mass is 264 g/mol. The minimum absolute atomic E-state index is 0.245.